The van der Waals surface area contributed by atoms with E-state index >= 15 is 0 Å². The lowest BCUT2D eigenvalue weighted by molar-refractivity contribution is -0.135. The van der Waals surface area contributed by atoms with Crippen LogP contribution >= 0.6 is 23.2 Å². The van der Waals surface area contributed by atoms with Gasteiger partial charge in [-0.05, 0) is 36.4 Å². The molecular formula is C20H20Cl2N4O2. The molecule has 1 aliphatic heterocycles. The summed E-state index contributed by atoms with van der Waals surface area (Å²) in [5.74, 6) is 0.420. The van der Waals surface area contributed by atoms with Crippen LogP contribution in [0.25, 0.3) is 5.52 Å². The molecule has 8 heteroatoms. The summed E-state index contributed by atoms with van der Waals surface area (Å²) in [4.78, 5) is 16.6. The summed E-state index contributed by atoms with van der Waals surface area (Å²) in [6.45, 7) is 3.70. The largest absolute Gasteiger partial charge is 0.482 e. The highest BCUT2D eigenvalue weighted by Gasteiger charge is 2.22. The average Bonchev–Trinajstić information content (AvgIpc) is 3.10. The number of nitrogens with zero attached hydrogens (tertiary/aromatic N) is 4. The molecule has 0 spiro atoms. The van der Waals surface area contributed by atoms with Crippen molar-refractivity contribution in [2.24, 2.45) is 0 Å². The Morgan fingerprint density at radius 1 is 1.07 bits per heavy atom. The molecule has 6 nitrogen and oxygen atoms in total. The molecule has 3 aromatic rings. The zero-order chi connectivity index (χ0) is 19.5. The van der Waals surface area contributed by atoms with Crippen molar-refractivity contribution in [1.82, 2.24) is 19.4 Å². The van der Waals surface area contributed by atoms with Crippen molar-refractivity contribution in [2.75, 3.05) is 32.8 Å². The van der Waals surface area contributed by atoms with Crippen LogP contribution in [0.5, 0.6) is 5.75 Å². The predicted molar refractivity (Wildman–Crippen MR) is 109 cm³/mol. The first-order valence-electron chi connectivity index (χ1n) is 9.10. The molecule has 1 amide bonds. The summed E-state index contributed by atoms with van der Waals surface area (Å²) < 4.78 is 7.44. The number of ether oxygens (including phenoxy) is 1. The monoisotopic (exact) mass is 418 g/mol. The molecule has 2 aromatic heterocycles. The molecule has 1 aliphatic rings. The normalized spacial score (nSPS) is 15.1. The number of halogens is 2. The SMILES string of the molecule is O=C(COc1ccc(Cl)cc1Cl)N1CCN(Cc2cc3ccccn3n2)CC1. The smallest absolute Gasteiger partial charge is 0.260 e. The van der Waals surface area contributed by atoms with Crippen LogP contribution in [0.15, 0.2) is 48.7 Å². The molecule has 3 heterocycles. The number of carbonyl (C=O) groups excluding carboxylic acids is 1. The Balaban J connectivity index is 1.26. The number of pyridine rings is 1. The Bertz CT molecular complexity index is 950. The van der Waals surface area contributed by atoms with Crippen molar-refractivity contribution in [3.8, 4) is 5.75 Å². The van der Waals surface area contributed by atoms with E-state index in [1.807, 2.05) is 33.8 Å². The van der Waals surface area contributed by atoms with E-state index < -0.39 is 0 Å². The van der Waals surface area contributed by atoms with Crippen molar-refractivity contribution in [1.29, 1.82) is 0 Å². The van der Waals surface area contributed by atoms with E-state index in [-0.39, 0.29) is 12.5 Å². The molecule has 28 heavy (non-hydrogen) atoms. The summed E-state index contributed by atoms with van der Waals surface area (Å²) in [5.41, 5.74) is 2.12. The zero-order valence-corrected chi connectivity index (χ0v) is 16.7. The van der Waals surface area contributed by atoms with Crippen LogP contribution in [-0.4, -0.2) is 58.1 Å². The first kappa shape index (κ1) is 19.1. The quantitative estimate of drug-likeness (QED) is 0.637. The Kier molecular flexibility index (Phi) is 5.71. The second-order valence-electron chi connectivity index (χ2n) is 6.73. The van der Waals surface area contributed by atoms with E-state index in [4.69, 9.17) is 27.9 Å². The second-order valence-corrected chi connectivity index (χ2v) is 7.57. The molecule has 0 saturated carbocycles. The fourth-order valence-corrected chi connectivity index (χ4v) is 3.74. The number of rotatable bonds is 5. The van der Waals surface area contributed by atoms with E-state index in [1.54, 1.807) is 18.2 Å². The van der Waals surface area contributed by atoms with Gasteiger partial charge in [0.2, 0.25) is 0 Å². The summed E-state index contributed by atoms with van der Waals surface area (Å²) >= 11 is 11.9. The van der Waals surface area contributed by atoms with Gasteiger partial charge in [-0.2, -0.15) is 5.10 Å². The lowest BCUT2D eigenvalue weighted by Crippen LogP contribution is -2.49. The van der Waals surface area contributed by atoms with Crippen LogP contribution in [0.1, 0.15) is 5.69 Å². The minimum Gasteiger partial charge on any atom is -0.482 e. The molecule has 146 valence electrons. The molecule has 0 N–H and O–H groups in total. The van der Waals surface area contributed by atoms with Gasteiger partial charge in [0.05, 0.1) is 16.2 Å². The summed E-state index contributed by atoms with van der Waals surface area (Å²) in [6.07, 6.45) is 1.95. The van der Waals surface area contributed by atoms with Gasteiger partial charge in [0, 0.05) is 43.9 Å². The maximum absolute atomic E-state index is 12.4. The van der Waals surface area contributed by atoms with Crippen molar-refractivity contribution in [3.05, 3.63) is 64.4 Å². The molecule has 0 atom stereocenters. The highest BCUT2D eigenvalue weighted by atomic mass is 35.5. The van der Waals surface area contributed by atoms with E-state index in [9.17, 15) is 4.79 Å². The zero-order valence-electron chi connectivity index (χ0n) is 15.2. The third-order valence-corrected chi connectivity index (χ3v) is 5.31. The third kappa shape index (κ3) is 4.41. The fraction of sp³-hybridized carbons (Fsp3) is 0.300. The minimum atomic E-state index is -0.0432. The lowest BCUT2D eigenvalue weighted by Gasteiger charge is -2.34. The number of benzene rings is 1. The summed E-state index contributed by atoms with van der Waals surface area (Å²) in [5, 5.41) is 5.52. The van der Waals surface area contributed by atoms with Gasteiger partial charge in [0.15, 0.2) is 6.61 Å². The highest BCUT2D eigenvalue weighted by molar-refractivity contribution is 6.35. The molecule has 1 saturated heterocycles. The minimum absolute atomic E-state index is 0.0339. The van der Waals surface area contributed by atoms with E-state index in [1.165, 1.54) is 0 Å². The molecule has 0 aliphatic carbocycles. The van der Waals surface area contributed by atoms with Gasteiger partial charge in [0.25, 0.3) is 5.91 Å². The van der Waals surface area contributed by atoms with Crippen LogP contribution in [0.4, 0.5) is 0 Å². The van der Waals surface area contributed by atoms with Crippen molar-refractivity contribution < 1.29 is 9.53 Å². The van der Waals surface area contributed by atoms with Crippen molar-refractivity contribution in [2.45, 2.75) is 6.54 Å². The first-order valence-corrected chi connectivity index (χ1v) is 9.85. The van der Waals surface area contributed by atoms with Gasteiger partial charge in [-0.3, -0.25) is 9.69 Å². The van der Waals surface area contributed by atoms with Gasteiger partial charge >= 0.3 is 0 Å². The summed E-state index contributed by atoms with van der Waals surface area (Å²) in [7, 11) is 0. The van der Waals surface area contributed by atoms with Gasteiger partial charge in [-0.15, -0.1) is 0 Å². The molecular weight excluding hydrogens is 399 g/mol. The van der Waals surface area contributed by atoms with Crippen LogP contribution in [0.3, 0.4) is 0 Å². The van der Waals surface area contributed by atoms with Crippen LogP contribution in [0.2, 0.25) is 10.0 Å². The molecule has 4 rings (SSSR count). The van der Waals surface area contributed by atoms with E-state index in [2.05, 4.69) is 16.1 Å². The lowest BCUT2D eigenvalue weighted by atomic mass is 10.2. The second kappa shape index (κ2) is 8.39. The Morgan fingerprint density at radius 2 is 1.89 bits per heavy atom. The predicted octanol–water partition coefficient (Wildman–Crippen LogP) is 3.36. The van der Waals surface area contributed by atoms with Crippen LogP contribution < -0.4 is 4.74 Å². The van der Waals surface area contributed by atoms with Gasteiger partial charge in [-0.1, -0.05) is 29.3 Å². The number of piperazine rings is 1. The standard InChI is InChI=1S/C20H20Cl2N4O2/c21-15-4-5-19(18(22)11-15)28-14-20(27)25-9-7-24(8-10-25)13-16-12-17-3-1-2-6-26(17)23-16/h1-6,11-12H,7-10,13-14H2. The fourth-order valence-electron chi connectivity index (χ4n) is 3.28. The van der Waals surface area contributed by atoms with Gasteiger partial charge < -0.3 is 9.64 Å². The molecule has 0 unspecified atom stereocenters. The number of aromatic nitrogens is 2. The first-order chi connectivity index (χ1) is 13.6. The molecule has 1 fully saturated rings. The molecule has 0 bridgehead atoms. The number of carbonyl (C=O) groups is 1. The average molecular weight is 419 g/mol. The maximum atomic E-state index is 12.4. The van der Waals surface area contributed by atoms with Gasteiger partial charge in [0.1, 0.15) is 5.75 Å². The Hall–Kier alpha value is -2.28. The van der Waals surface area contributed by atoms with Crippen molar-refractivity contribution in [3.63, 3.8) is 0 Å². The highest BCUT2D eigenvalue weighted by Crippen LogP contribution is 2.27. The van der Waals surface area contributed by atoms with Gasteiger partial charge in [-0.25, -0.2) is 4.52 Å². The van der Waals surface area contributed by atoms with E-state index in [0.717, 1.165) is 30.8 Å². The Labute approximate surface area is 173 Å². The molecule has 0 radical (unpaired) electrons. The summed E-state index contributed by atoms with van der Waals surface area (Å²) in [6, 6.07) is 13.1. The maximum Gasteiger partial charge on any atom is 0.260 e. The third-order valence-electron chi connectivity index (χ3n) is 4.78. The topological polar surface area (TPSA) is 50.1 Å². The van der Waals surface area contributed by atoms with E-state index in [0.29, 0.717) is 28.9 Å². The number of amides is 1. The van der Waals surface area contributed by atoms with Crippen LogP contribution in [-0.2, 0) is 11.3 Å². The Morgan fingerprint density at radius 3 is 2.64 bits per heavy atom. The van der Waals surface area contributed by atoms with Crippen molar-refractivity contribution >= 4 is 34.6 Å². The molecule has 1 aromatic carbocycles. The number of hydrogen-bond acceptors (Lipinski definition) is 4. The van der Waals surface area contributed by atoms with Crippen LogP contribution in [0, 0.1) is 0 Å². The number of hydrogen-bond donors (Lipinski definition) is 0. The number of fused-ring (bicyclic) bond motifs is 1.